The lowest BCUT2D eigenvalue weighted by atomic mass is 10.1. The molecule has 0 fully saturated rings. The zero-order valence-corrected chi connectivity index (χ0v) is 13.6. The molecule has 0 aliphatic carbocycles. The quantitative estimate of drug-likeness (QED) is 0.395. The summed E-state index contributed by atoms with van der Waals surface area (Å²) in [5.74, 6) is -0.121. The van der Waals surface area contributed by atoms with Gasteiger partial charge in [0.1, 0.15) is 19.0 Å². The number of hydrogen-bond donors (Lipinski definition) is 0. The van der Waals surface area contributed by atoms with E-state index in [1.165, 1.54) is 0 Å². The largest absolute Gasteiger partial charge is 0.464 e. The van der Waals surface area contributed by atoms with Crippen LogP contribution in [-0.4, -0.2) is 31.8 Å². The number of carbonyl (C=O) groups excluding carboxylic acids is 2. The Balaban J connectivity index is 2.11. The Morgan fingerprint density at radius 2 is 1.73 bits per heavy atom. The SMILES string of the molecule is CC(C)CCCOC(=O)COCC(=O)Oc1ccc(Cl)cc1. The summed E-state index contributed by atoms with van der Waals surface area (Å²) in [6.07, 6.45) is 1.82. The van der Waals surface area contributed by atoms with Gasteiger partial charge in [-0.15, -0.1) is 0 Å². The monoisotopic (exact) mass is 328 g/mol. The van der Waals surface area contributed by atoms with E-state index in [0.717, 1.165) is 12.8 Å². The molecule has 5 nitrogen and oxygen atoms in total. The molecule has 22 heavy (non-hydrogen) atoms. The fourth-order valence-electron chi connectivity index (χ4n) is 1.60. The maximum absolute atomic E-state index is 11.5. The van der Waals surface area contributed by atoms with Crippen LogP contribution in [0.3, 0.4) is 0 Å². The molecule has 0 spiro atoms. The van der Waals surface area contributed by atoms with Crippen LogP contribution in [0.5, 0.6) is 5.75 Å². The zero-order chi connectivity index (χ0) is 16.4. The maximum Gasteiger partial charge on any atom is 0.337 e. The Labute approximate surface area is 135 Å². The molecule has 0 aliphatic rings. The summed E-state index contributed by atoms with van der Waals surface area (Å²) in [5, 5.41) is 0.552. The van der Waals surface area contributed by atoms with Gasteiger partial charge in [0.2, 0.25) is 0 Å². The molecule has 0 radical (unpaired) electrons. The van der Waals surface area contributed by atoms with Crippen LogP contribution in [0, 0.1) is 5.92 Å². The molecule has 0 amide bonds. The van der Waals surface area contributed by atoms with Gasteiger partial charge in [0.25, 0.3) is 0 Å². The van der Waals surface area contributed by atoms with Crippen molar-refractivity contribution in [2.24, 2.45) is 5.92 Å². The van der Waals surface area contributed by atoms with Crippen LogP contribution in [0.1, 0.15) is 26.7 Å². The number of halogens is 1. The minimum atomic E-state index is -0.588. The van der Waals surface area contributed by atoms with E-state index in [4.69, 9.17) is 25.8 Å². The number of carbonyl (C=O) groups is 2. The molecule has 122 valence electrons. The van der Waals surface area contributed by atoms with Crippen LogP contribution >= 0.6 is 11.6 Å². The van der Waals surface area contributed by atoms with Crippen LogP contribution in [0.15, 0.2) is 24.3 Å². The van der Waals surface area contributed by atoms with Crippen molar-refractivity contribution in [2.75, 3.05) is 19.8 Å². The average molecular weight is 329 g/mol. The van der Waals surface area contributed by atoms with E-state index < -0.39 is 11.9 Å². The summed E-state index contributed by atoms with van der Waals surface area (Å²) in [4.78, 5) is 22.8. The third-order valence-corrected chi connectivity index (χ3v) is 2.93. The smallest absolute Gasteiger partial charge is 0.337 e. The topological polar surface area (TPSA) is 61.8 Å². The van der Waals surface area contributed by atoms with Crippen LogP contribution < -0.4 is 4.74 Å². The van der Waals surface area contributed by atoms with Gasteiger partial charge in [-0.25, -0.2) is 9.59 Å². The zero-order valence-electron chi connectivity index (χ0n) is 12.8. The van der Waals surface area contributed by atoms with Gasteiger partial charge in [0, 0.05) is 5.02 Å². The molecule has 1 aromatic rings. The van der Waals surface area contributed by atoms with E-state index in [1.807, 2.05) is 0 Å². The van der Waals surface area contributed by atoms with Crippen LogP contribution in [0.4, 0.5) is 0 Å². The highest BCUT2D eigenvalue weighted by molar-refractivity contribution is 6.30. The molecule has 0 N–H and O–H groups in total. The van der Waals surface area contributed by atoms with Gasteiger partial charge >= 0.3 is 11.9 Å². The van der Waals surface area contributed by atoms with Crippen LogP contribution in [-0.2, 0) is 19.1 Å². The van der Waals surface area contributed by atoms with Crippen molar-refractivity contribution < 1.29 is 23.8 Å². The molecule has 0 atom stereocenters. The summed E-state index contributed by atoms with van der Waals surface area (Å²) < 4.78 is 14.9. The van der Waals surface area contributed by atoms with E-state index >= 15 is 0 Å². The Morgan fingerprint density at radius 3 is 2.36 bits per heavy atom. The van der Waals surface area contributed by atoms with Crippen molar-refractivity contribution in [1.29, 1.82) is 0 Å². The van der Waals surface area contributed by atoms with Crippen LogP contribution in [0.2, 0.25) is 5.02 Å². The standard InChI is InChI=1S/C16H21ClO5/c1-12(2)4-3-9-21-15(18)10-20-11-16(19)22-14-7-5-13(17)6-8-14/h5-8,12H,3-4,9-11H2,1-2H3. The summed E-state index contributed by atoms with van der Waals surface area (Å²) in [5.41, 5.74) is 0. The fraction of sp³-hybridized carbons (Fsp3) is 0.500. The molecular weight excluding hydrogens is 308 g/mol. The molecule has 0 heterocycles. The molecule has 1 aromatic carbocycles. The molecule has 0 unspecified atom stereocenters. The fourth-order valence-corrected chi connectivity index (χ4v) is 1.73. The molecule has 0 bridgehead atoms. The summed E-state index contributed by atoms with van der Waals surface area (Å²) in [6.45, 7) is 4.01. The highest BCUT2D eigenvalue weighted by Crippen LogP contribution is 2.15. The molecule has 6 heteroatoms. The highest BCUT2D eigenvalue weighted by atomic mass is 35.5. The predicted molar refractivity (Wildman–Crippen MR) is 82.9 cm³/mol. The van der Waals surface area contributed by atoms with Crippen molar-refractivity contribution >= 4 is 23.5 Å². The van der Waals surface area contributed by atoms with E-state index in [2.05, 4.69) is 13.8 Å². The lowest BCUT2D eigenvalue weighted by Crippen LogP contribution is -2.20. The molecule has 1 rings (SSSR count). The molecular formula is C16H21ClO5. The first-order valence-electron chi connectivity index (χ1n) is 7.17. The summed E-state index contributed by atoms with van der Waals surface area (Å²) in [7, 11) is 0. The van der Waals surface area contributed by atoms with Crippen molar-refractivity contribution in [2.45, 2.75) is 26.7 Å². The molecule has 0 aromatic heterocycles. The first kappa shape index (κ1) is 18.5. The lowest BCUT2D eigenvalue weighted by Gasteiger charge is -2.07. The Morgan fingerprint density at radius 1 is 1.09 bits per heavy atom. The van der Waals surface area contributed by atoms with Gasteiger partial charge in [0.05, 0.1) is 6.61 Å². The van der Waals surface area contributed by atoms with Crippen molar-refractivity contribution in [3.05, 3.63) is 29.3 Å². The number of hydrogen-bond acceptors (Lipinski definition) is 5. The number of benzene rings is 1. The van der Waals surface area contributed by atoms with Gasteiger partial charge < -0.3 is 14.2 Å². The summed E-state index contributed by atoms with van der Waals surface area (Å²) >= 11 is 5.72. The number of rotatable bonds is 9. The van der Waals surface area contributed by atoms with E-state index in [1.54, 1.807) is 24.3 Å². The molecule has 0 aliphatic heterocycles. The molecule has 0 saturated heterocycles. The second kappa shape index (κ2) is 10.2. The van der Waals surface area contributed by atoms with E-state index in [-0.39, 0.29) is 13.2 Å². The van der Waals surface area contributed by atoms with Crippen molar-refractivity contribution in [1.82, 2.24) is 0 Å². The number of ether oxygens (including phenoxy) is 3. The Kier molecular flexibility index (Phi) is 8.55. The minimum absolute atomic E-state index is 0.266. The van der Waals surface area contributed by atoms with Gasteiger partial charge in [-0.3, -0.25) is 0 Å². The second-order valence-corrected chi connectivity index (χ2v) is 5.61. The Bertz CT molecular complexity index is 470. The lowest BCUT2D eigenvalue weighted by molar-refractivity contribution is -0.152. The van der Waals surface area contributed by atoms with Gasteiger partial charge in [-0.2, -0.15) is 0 Å². The Hall–Kier alpha value is -1.59. The predicted octanol–water partition coefficient (Wildman–Crippen LogP) is 3.24. The normalized spacial score (nSPS) is 10.5. The van der Waals surface area contributed by atoms with Gasteiger partial charge in [0.15, 0.2) is 0 Å². The van der Waals surface area contributed by atoms with Crippen LogP contribution in [0.25, 0.3) is 0 Å². The van der Waals surface area contributed by atoms with E-state index in [0.29, 0.717) is 23.3 Å². The minimum Gasteiger partial charge on any atom is -0.464 e. The van der Waals surface area contributed by atoms with E-state index in [9.17, 15) is 9.59 Å². The van der Waals surface area contributed by atoms with Gasteiger partial charge in [-0.05, 0) is 43.0 Å². The van der Waals surface area contributed by atoms with Crippen molar-refractivity contribution in [3.63, 3.8) is 0 Å². The average Bonchev–Trinajstić information content (AvgIpc) is 2.46. The second-order valence-electron chi connectivity index (χ2n) is 5.18. The van der Waals surface area contributed by atoms with Crippen molar-refractivity contribution in [3.8, 4) is 5.75 Å². The molecule has 0 saturated carbocycles. The number of esters is 2. The third kappa shape index (κ3) is 8.64. The third-order valence-electron chi connectivity index (χ3n) is 2.67. The summed E-state index contributed by atoms with van der Waals surface area (Å²) in [6, 6.07) is 6.37. The van der Waals surface area contributed by atoms with Gasteiger partial charge in [-0.1, -0.05) is 25.4 Å². The first-order valence-corrected chi connectivity index (χ1v) is 7.55. The first-order chi connectivity index (χ1) is 10.5. The highest BCUT2D eigenvalue weighted by Gasteiger charge is 2.08. The maximum atomic E-state index is 11.5.